The van der Waals surface area contributed by atoms with Crippen LogP contribution in [0.3, 0.4) is 0 Å². The summed E-state index contributed by atoms with van der Waals surface area (Å²) in [4.78, 5) is 28.9. The summed E-state index contributed by atoms with van der Waals surface area (Å²) in [5, 5.41) is 9.08. The third-order valence-electron chi connectivity index (χ3n) is 4.09. The first-order valence-corrected chi connectivity index (χ1v) is 8.26. The van der Waals surface area contributed by atoms with Crippen LogP contribution in [0.25, 0.3) is 0 Å². The maximum atomic E-state index is 13.2. The smallest absolute Gasteiger partial charge is 0.264 e. The van der Waals surface area contributed by atoms with E-state index in [1.165, 1.54) is 12.1 Å². The number of nitrogens with zero attached hydrogens (tertiary/aromatic N) is 1. The molecule has 2 aliphatic rings. The van der Waals surface area contributed by atoms with E-state index in [2.05, 4.69) is 15.8 Å². The van der Waals surface area contributed by atoms with E-state index < -0.39 is 12.0 Å². The SMILES string of the molecule is O=C(CNC(=O)[C@H]1CC(c2cccc(F)c2)=NO1)NC[C@H]1CCCO1. The van der Waals surface area contributed by atoms with Gasteiger partial charge >= 0.3 is 0 Å². The average Bonchev–Trinajstić information content (AvgIpc) is 3.29. The van der Waals surface area contributed by atoms with E-state index in [1.54, 1.807) is 12.1 Å². The van der Waals surface area contributed by atoms with Crippen molar-refractivity contribution in [1.82, 2.24) is 10.6 Å². The van der Waals surface area contributed by atoms with Gasteiger partial charge in [0.2, 0.25) is 12.0 Å². The van der Waals surface area contributed by atoms with Crippen LogP contribution in [-0.2, 0) is 19.2 Å². The second kappa shape index (κ2) is 8.06. The first-order valence-electron chi connectivity index (χ1n) is 8.26. The Kier molecular flexibility index (Phi) is 5.60. The third-order valence-corrected chi connectivity index (χ3v) is 4.09. The molecule has 0 saturated carbocycles. The van der Waals surface area contributed by atoms with Gasteiger partial charge < -0.3 is 20.2 Å². The van der Waals surface area contributed by atoms with Crippen LogP contribution >= 0.6 is 0 Å². The largest absolute Gasteiger partial charge is 0.382 e. The predicted octanol–water partition coefficient (Wildman–Crippen LogP) is 0.730. The number of carbonyl (C=O) groups excluding carboxylic acids is 2. The van der Waals surface area contributed by atoms with Crippen LogP contribution in [0.2, 0.25) is 0 Å². The molecular formula is C17H20FN3O4. The van der Waals surface area contributed by atoms with Crippen LogP contribution in [0.4, 0.5) is 4.39 Å². The number of benzene rings is 1. The highest BCUT2D eigenvalue weighted by atomic mass is 19.1. The summed E-state index contributed by atoms with van der Waals surface area (Å²) in [6, 6.07) is 5.93. The fraction of sp³-hybridized carbons (Fsp3) is 0.471. The molecule has 1 aromatic carbocycles. The highest BCUT2D eigenvalue weighted by molar-refractivity contribution is 6.04. The molecule has 0 radical (unpaired) electrons. The van der Waals surface area contributed by atoms with E-state index in [1.807, 2.05) is 0 Å². The number of halogens is 1. The molecule has 0 unspecified atom stereocenters. The first kappa shape index (κ1) is 17.3. The van der Waals surface area contributed by atoms with Crippen molar-refractivity contribution in [3.05, 3.63) is 35.6 Å². The average molecular weight is 349 g/mol. The van der Waals surface area contributed by atoms with Crippen molar-refractivity contribution < 1.29 is 23.6 Å². The summed E-state index contributed by atoms with van der Waals surface area (Å²) in [5.41, 5.74) is 1.08. The number of amides is 2. The molecule has 25 heavy (non-hydrogen) atoms. The lowest BCUT2D eigenvalue weighted by Gasteiger charge is -2.12. The number of hydrogen-bond acceptors (Lipinski definition) is 5. The van der Waals surface area contributed by atoms with Crippen molar-refractivity contribution >= 4 is 17.5 Å². The molecule has 0 aliphatic carbocycles. The zero-order valence-corrected chi connectivity index (χ0v) is 13.7. The van der Waals surface area contributed by atoms with E-state index in [-0.39, 0.29) is 30.8 Å². The number of rotatable bonds is 6. The minimum atomic E-state index is -0.816. The highest BCUT2D eigenvalue weighted by Crippen LogP contribution is 2.17. The van der Waals surface area contributed by atoms with Gasteiger partial charge in [-0.2, -0.15) is 0 Å². The molecule has 0 aromatic heterocycles. The minimum absolute atomic E-state index is 0.0556. The lowest BCUT2D eigenvalue weighted by atomic mass is 10.0. The normalized spacial score (nSPS) is 22.2. The van der Waals surface area contributed by atoms with E-state index in [9.17, 15) is 14.0 Å². The summed E-state index contributed by atoms with van der Waals surface area (Å²) in [6.45, 7) is 1.03. The van der Waals surface area contributed by atoms with Gasteiger partial charge in [-0.15, -0.1) is 0 Å². The Balaban J connectivity index is 1.40. The summed E-state index contributed by atoms with van der Waals surface area (Å²) in [5.74, 6) is -1.09. The molecule has 2 heterocycles. The molecule has 0 spiro atoms. The zero-order valence-electron chi connectivity index (χ0n) is 13.7. The van der Waals surface area contributed by atoms with E-state index in [4.69, 9.17) is 9.57 Å². The zero-order chi connectivity index (χ0) is 17.6. The topological polar surface area (TPSA) is 89.0 Å². The molecule has 134 valence electrons. The van der Waals surface area contributed by atoms with Gasteiger partial charge in [0.15, 0.2) is 0 Å². The van der Waals surface area contributed by atoms with E-state index in [0.29, 0.717) is 17.8 Å². The standard InChI is InChI=1S/C17H20FN3O4/c18-12-4-1-3-11(7-12)14-8-15(25-21-14)17(23)20-10-16(22)19-9-13-5-2-6-24-13/h1,3-4,7,13,15H,2,5-6,8-10H2,(H,19,22)(H,20,23)/t13-,15-/m1/s1. The molecule has 0 bridgehead atoms. The van der Waals surface area contributed by atoms with Crippen LogP contribution < -0.4 is 10.6 Å². The number of oxime groups is 1. The predicted molar refractivity (Wildman–Crippen MR) is 87.4 cm³/mol. The van der Waals surface area contributed by atoms with Gasteiger partial charge in [0.25, 0.3) is 5.91 Å². The van der Waals surface area contributed by atoms with E-state index in [0.717, 1.165) is 19.4 Å². The summed E-state index contributed by atoms with van der Waals surface area (Å²) < 4.78 is 18.7. The van der Waals surface area contributed by atoms with Crippen LogP contribution in [-0.4, -0.2) is 49.4 Å². The van der Waals surface area contributed by atoms with Crippen molar-refractivity contribution in [2.75, 3.05) is 19.7 Å². The Morgan fingerprint density at radius 2 is 2.20 bits per heavy atom. The van der Waals surface area contributed by atoms with Gasteiger partial charge in [0.05, 0.1) is 18.4 Å². The van der Waals surface area contributed by atoms with Gasteiger partial charge in [-0.05, 0) is 25.0 Å². The van der Waals surface area contributed by atoms with Gasteiger partial charge in [-0.3, -0.25) is 9.59 Å². The fourth-order valence-corrected chi connectivity index (χ4v) is 2.73. The Morgan fingerprint density at radius 3 is 2.96 bits per heavy atom. The van der Waals surface area contributed by atoms with Gasteiger partial charge in [-0.1, -0.05) is 17.3 Å². The lowest BCUT2D eigenvalue weighted by Crippen LogP contribution is -2.43. The molecular weight excluding hydrogens is 329 g/mol. The quantitative estimate of drug-likeness (QED) is 0.792. The minimum Gasteiger partial charge on any atom is -0.382 e. The Labute approximate surface area is 144 Å². The Bertz CT molecular complexity index is 674. The molecule has 7 nitrogen and oxygen atoms in total. The third kappa shape index (κ3) is 4.76. The van der Waals surface area contributed by atoms with Gasteiger partial charge in [-0.25, -0.2) is 4.39 Å². The molecule has 1 saturated heterocycles. The fourth-order valence-electron chi connectivity index (χ4n) is 2.73. The molecule has 2 amide bonds. The van der Waals surface area contributed by atoms with Crippen LogP contribution in [0, 0.1) is 5.82 Å². The number of carbonyl (C=O) groups is 2. The molecule has 3 rings (SSSR count). The lowest BCUT2D eigenvalue weighted by molar-refractivity contribution is -0.133. The second-order valence-corrected chi connectivity index (χ2v) is 6.00. The van der Waals surface area contributed by atoms with Crippen molar-refractivity contribution in [2.24, 2.45) is 5.16 Å². The van der Waals surface area contributed by atoms with Crippen LogP contribution in [0.1, 0.15) is 24.8 Å². The van der Waals surface area contributed by atoms with Crippen molar-refractivity contribution in [3.8, 4) is 0 Å². The highest BCUT2D eigenvalue weighted by Gasteiger charge is 2.29. The summed E-state index contributed by atoms with van der Waals surface area (Å²) in [7, 11) is 0. The number of hydrogen-bond donors (Lipinski definition) is 2. The van der Waals surface area contributed by atoms with Crippen LogP contribution in [0.5, 0.6) is 0 Å². The maximum absolute atomic E-state index is 13.2. The number of nitrogens with one attached hydrogen (secondary N) is 2. The molecule has 8 heteroatoms. The van der Waals surface area contributed by atoms with Crippen LogP contribution in [0.15, 0.2) is 29.4 Å². The second-order valence-electron chi connectivity index (χ2n) is 6.00. The monoisotopic (exact) mass is 349 g/mol. The van der Waals surface area contributed by atoms with Crippen molar-refractivity contribution in [3.63, 3.8) is 0 Å². The summed E-state index contributed by atoms with van der Waals surface area (Å²) in [6.07, 6.45) is 1.41. The first-order chi connectivity index (χ1) is 12.1. The van der Waals surface area contributed by atoms with E-state index >= 15 is 0 Å². The molecule has 2 N–H and O–H groups in total. The summed E-state index contributed by atoms with van der Waals surface area (Å²) >= 11 is 0. The Hall–Kier alpha value is -2.48. The van der Waals surface area contributed by atoms with Gasteiger partial charge in [0, 0.05) is 25.1 Å². The van der Waals surface area contributed by atoms with Crippen molar-refractivity contribution in [2.45, 2.75) is 31.5 Å². The Morgan fingerprint density at radius 1 is 1.32 bits per heavy atom. The molecule has 2 atom stereocenters. The molecule has 1 fully saturated rings. The maximum Gasteiger partial charge on any atom is 0.264 e. The molecule has 2 aliphatic heterocycles. The molecule has 1 aromatic rings. The van der Waals surface area contributed by atoms with Crippen molar-refractivity contribution in [1.29, 1.82) is 0 Å². The van der Waals surface area contributed by atoms with Gasteiger partial charge in [0.1, 0.15) is 5.82 Å². The number of ether oxygens (including phenoxy) is 1.